The molecule has 0 aliphatic heterocycles. The van der Waals surface area contributed by atoms with Crippen LogP contribution in [0.4, 0.5) is 0 Å². The fraction of sp³-hybridized carbons (Fsp3) is 0.889. The van der Waals surface area contributed by atoms with Crippen LogP contribution in [0.3, 0.4) is 0 Å². The summed E-state index contributed by atoms with van der Waals surface area (Å²) in [5.41, 5.74) is 0.245. The van der Waals surface area contributed by atoms with Gasteiger partial charge in [0.05, 0.1) is 0 Å². The van der Waals surface area contributed by atoms with E-state index in [1.54, 1.807) is 0 Å². The van der Waals surface area contributed by atoms with Gasteiger partial charge in [-0.05, 0) is 17.8 Å². The number of carboxylic acids is 1. The molecule has 0 spiro atoms. The van der Waals surface area contributed by atoms with Crippen LogP contribution in [0.25, 0.3) is 0 Å². The molecule has 0 rings (SSSR count). The Morgan fingerprint density at radius 2 is 1.83 bits per heavy atom. The molecule has 0 aliphatic carbocycles. The zero-order valence-electron chi connectivity index (χ0n) is 8.35. The Hall–Kier alpha value is 0.353. The van der Waals surface area contributed by atoms with E-state index in [-0.39, 0.29) is 44.0 Å². The molecule has 0 fully saturated rings. The second-order valence-corrected chi connectivity index (χ2v) is 4.47. The van der Waals surface area contributed by atoms with Gasteiger partial charge in [0, 0.05) is 32.6 Å². The molecule has 1 unspecified atom stereocenters. The van der Waals surface area contributed by atoms with Crippen LogP contribution in [0.15, 0.2) is 0 Å². The molecule has 0 saturated heterocycles. The molecule has 1 N–H and O–H groups in total. The Balaban J connectivity index is 0. The van der Waals surface area contributed by atoms with Gasteiger partial charge in [-0.3, -0.25) is 4.79 Å². The maximum Gasteiger partial charge on any atom is 0.303 e. The van der Waals surface area contributed by atoms with Gasteiger partial charge in [-0.25, -0.2) is 0 Å². The molecule has 12 heavy (non-hydrogen) atoms. The van der Waals surface area contributed by atoms with Crippen LogP contribution in [-0.4, -0.2) is 11.1 Å². The first-order valence-corrected chi connectivity index (χ1v) is 4.03. The van der Waals surface area contributed by atoms with Crippen LogP contribution in [0.2, 0.25) is 0 Å². The van der Waals surface area contributed by atoms with Gasteiger partial charge in [0.1, 0.15) is 0 Å². The summed E-state index contributed by atoms with van der Waals surface area (Å²) in [5.74, 6) is -0.408. The Bertz CT molecular complexity index is 138. The quantitative estimate of drug-likeness (QED) is 0.834. The SMILES string of the molecule is CC(CC(=O)O)CC(C)(C)C.[Zr]. The zero-order valence-corrected chi connectivity index (χ0v) is 10.8. The molecule has 0 aromatic rings. The molecule has 0 radical (unpaired) electrons. The predicted molar refractivity (Wildman–Crippen MR) is 45.5 cm³/mol. The maximum absolute atomic E-state index is 10.3. The van der Waals surface area contributed by atoms with Crippen LogP contribution < -0.4 is 0 Å². The fourth-order valence-electron chi connectivity index (χ4n) is 1.42. The van der Waals surface area contributed by atoms with Crippen molar-refractivity contribution in [1.82, 2.24) is 0 Å². The van der Waals surface area contributed by atoms with Crippen molar-refractivity contribution < 1.29 is 36.1 Å². The van der Waals surface area contributed by atoms with E-state index in [9.17, 15) is 4.79 Å². The van der Waals surface area contributed by atoms with Crippen LogP contribution >= 0.6 is 0 Å². The molecular weight excluding hydrogens is 231 g/mol. The van der Waals surface area contributed by atoms with Gasteiger partial charge in [0.15, 0.2) is 0 Å². The van der Waals surface area contributed by atoms with Gasteiger partial charge in [-0.15, -0.1) is 0 Å². The Kier molecular flexibility index (Phi) is 7.31. The number of carboxylic acid groups (broad SMARTS) is 1. The van der Waals surface area contributed by atoms with Gasteiger partial charge in [-0.1, -0.05) is 27.7 Å². The average molecular weight is 249 g/mol. The van der Waals surface area contributed by atoms with E-state index in [0.29, 0.717) is 0 Å². The first-order valence-electron chi connectivity index (χ1n) is 4.03. The third-order valence-electron chi connectivity index (χ3n) is 1.48. The third-order valence-corrected chi connectivity index (χ3v) is 1.48. The number of aliphatic carboxylic acids is 1. The van der Waals surface area contributed by atoms with E-state index < -0.39 is 5.97 Å². The summed E-state index contributed by atoms with van der Waals surface area (Å²) in [6.07, 6.45) is 1.26. The predicted octanol–water partition coefficient (Wildman–Crippen LogP) is 2.53. The molecule has 0 heterocycles. The molecule has 70 valence electrons. The van der Waals surface area contributed by atoms with Crippen molar-refractivity contribution in [1.29, 1.82) is 0 Å². The summed E-state index contributed by atoms with van der Waals surface area (Å²) in [6.45, 7) is 8.38. The second kappa shape index (κ2) is 5.91. The van der Waals surface area contributed by atoms with Gasteiger partial charge >= 0.3 is 5.97 Å². The third kappa shape index (κ3) is 10.4. The maximum atomic E-state index is 10.3. The standard InChI is InChI=1S/C9H18O2.Zr/c1-7(5-8(10)11)6-9(2,3)4;/h7H,5-6H2,1-4H3,(H,10,11);. The molecule has 2 nitrogen and oxygen atoms in total. The Labute approximate surface area is 93.9 Å². The molecule has 0 aromatic carbocycles. The molecule has 0 amide bonds. The van der Waals surface area contributed by atoms with Gasteiger partial charge < -0.3 is 5.11 Å². The molecule has 1 atom stereocenters. The number of carbonyl (C=O) groups is 1. The number of hydrogen-bond donors (Lipinski definition) is 1. The molecule has 3 heteroatoms. The molecular formula is C9H18O2Zr. The second-order valence-electron chi connectivity index (χ2n) is 4.47. The largest absolute Gasteiger partial charge is 0.481 e. The van der Waals surface area contributed by atoms with Crippen molar-refractivity contribution in [3.05, 3.63) is 0 Å². The van der Waals surface area contributed by atoms with E-state index in [4.69, 9.17) is 5.11 Å². The van der Waals surface area contributed by atoms with Crippen molar-refractivity contribution in [3.63, 3.8) is 0 Å². The van der Waals surface area contributed by atoms with Gasteiger partial charge in [0.25, 0.3) is 0 Å². The Morgan fingerprint density at radius 3 is 2.08 bits per heavy atom. The first kappa shape index (κ1) is 14.9. The van der Waals surface area contributed by atoms with E-state index in [1.165, 1.54) is 0 Å². The van der Waals surface area contributed by atoms with Crippen molar-refractivity contribution in [2.75, 3.05) is 0 Å². The first-order chi connectivity index (χ1) is 4.81. The average Bonchev–Trinajstić information content (AvgIpc) is 1.53. The summed E-state index contributed by atoms with van der Waals surface area (Å²) in [7, 11) is 0. The summed E-state index contributed by atoms with van der Waals surface area (Å²) in [5, 5.41) is 8.48. The zero-order chi connectivity index (χ0) is 9.07. The van der Waals surface area contributed by atoms with Gasteiger partial charge in [-0.2, -0.15) is 0 Å². The molecule has 0 saturated carbocycles. The summed E-state index contributed by atoms with van der Waals surface area (Å²) >= 11 is 0. The van der Waals surface area contributed by atoms with Crippen molar-refractivity contribution in [2.45, 2.75) is 40.5 Å². The van der Waals surface area contributed by atoms with Crippen LogP contribution in [0.1, 0.15) is 40.5 Å². The molecule has 0 bridgehead atoms. The van der Waals surface area contributed by atoms with Crippen molar-refractivity contribution in [3.8, 4) is 0 Å². The molecule has 0 aromatic heterocycles. The summed E-state index contributed by atoms with van der Waals surface area (Å²) < 4.78 is 0. The van der Waals surface area contributed by atoms with Crippen LogP contribution in [-0.2, 0) is 31.0 Å². The van der Waals surface area contributed by atoms with Crippen LogP contribution in [0.5, 0.6) is 0 Å². The van der Waals surface area contributed by atoms with E-state index in [2.05, 4.69) is 20.8 Å². The minimum atomic E-state index is -0.693. The van der Waals surface area contributed by atoms with Gasteiger partial charge in [0.2, 0.25) is 0 Å². The minimum absolute atomic E-state index is 0. The topological polar surface area (TPSA) is 37.3 Å². The number of rotatable bonds is 3. The smallest absolute Gasteiger partial charge is 0.303 e. The normalized spacial score (nSPS) is 13.3. The fourth-order valence-corrected chi connectivity index (χ4v) is 1.42. The van der Waals surface area contributed by atoms with E-state index in [1.807, 2.05) is 6.92 Å². The van der Waals surface area contributed by atoms with E-state index in [0.717, 1.165) is 6.42 Å². The summed E-state index contributed by atoms with van der Waals surface area (Å²) in [6, 6.07) is 0. The Morgan fingerprint density at radius 1 is 1.42 bits per heavy atom. The minimum Gasteiger partial charge on any atom is -0.481 e. The molecule has 0 aliphatic rings. The van der Waals surface area contributed by atoms with Crippen LogP contribution in [0, 0.1) is 11.3 Å². The summed E-state index contributed by atoms with van der Waals surface area (Å²) in [4.78, 5) is 10.3. The van der Waals surface area contributed by atoms with Crippen molar-refractivity contribution in [2.24, 2.45) is 11.3 Å². The monoisotopic (exact) mass is 248 g/mol. The van der Waals surface area contributed by atoms with Crippen molar-refractivity contribution >= 4 is 5.97 Å². The van der Waals surface area contributed by atoms with E-state index >= 15 is 0 Å². The number of hydrogen-bond acceptors (Lipinski definition) is 1.